The van der Waals surface area contributed by atoms with Gasteiger partial charge in [-0.25, -0.2) is 9.78 Å². The Hall–Kier alpha value is -1.85. The molecule has 0 spiro atoms. The van der Waals surface area contributed by atoms with Gasteiger partial charge in [0.1, 0.15) is 6.04 Å². The molecule has 1 unspecified atom stereocenters. The predicted octanol–water partition coefficient (Wildman–Crippen LogP) is 1.34. The molecule has 1 fully saturated rings. The van der Waals surface area contributed by atoms with Gasteiger partial charge in [-0.05, 0) is 25.2 Å². The molecule has 1 aliphatic rings. The standard InChI is InChI=1S/C14H21N3O3/c1-10(2)9-16-8-6-15-12(13(16)18)17-7-4-3-5-11(17)14(19)20/h6,8,10-11H,3-5,7,9H2,1-2H3,(H,19,20). The zero-order valence-electron chi connectivity index (χ0n) is 12.0. The van der Waals surface area contributed by atoms with Crippen LogP contribution in [0.4, 0.5) is 5.82 Å². The van der Waals surface area contributed by atoms with E-state index < -0.39 is 12.0 Å². The number of hydrogen-bond acceptors (Lipinski definition) is 4. The second kappa shape index (κ2) is 6.07. The third-order valence-electron chi connectivity index (χ3n) is 3.52. The number of anilines is 1. The second-order valence-corrected chi connectivity index (χ2v) is 5.65. The van der Waals surface area contributed by atoms with E-state index >= 15 is 0 Å². The largest absolute Gasteiger partial charge is 0.480 e. The minimum Gasteiger partial charge on any atom is -0.480 e. The molecule has 1 aromatic rings. The monoisotopic (exact) mass is 279 g/mol. The van der Waals surface area contributed by atoms with Crippen LogP contribution in [0.15, 0.2) is 17.2 Å². The molecule has 0 amide bonds. The maximum atomic E-state index is 12.4. The summed E-state index contributed by atoms with van der Waals surface area (Å²) in [4.78, 5) is 29.5. The molecule has 1 atom stereocenters. The molecular formula is C14H21N3O3. The van der Waals surface area contributed by atoms with Crippen molar-refractivity contribution in [3.8, 4) is 0 Å². The van der Waals surface area contributed by atoms with Crippen molar-refractivity contribution in [3.63, 3.8) is 0 Å². The van der Waals surface area contributed by atoms with Crippen LogP contribution in [0, 0.1) is 5.92 Å². The number of carboxylic acids is 1. The van der Waals surface area contributed by atoms with Gasteiger partial charge in [0.25, 0.3) is 5.56 Å². The van der Waals surface area contributed by atoms with E-state index in [-0.39, 0.29) is 11.4 Å². The lowest BCUT2D eigenvalue weighted by molar-refractivity contribution is -0.139. The van der Waals surface area contributed by atoms with Crippen molar-refractivity contribution in [3.05, 3.63) is 22.7 Å². The highest BCUT2D eigenvalue weighted by molar-refractivity contribution is 5.77. The van der Waals surface area contributed by atoms with E-state index in [1.165, 1.54) is 0 Å². The van der Waals surface area contributed by atoms with Crippen molar-refractivity contribution in [2.45, 2.75) is 45.7 Å². The molecule has 1 saturated heterocycles. The van der Waals surface area contributed by atoms with Gasteiger partial charge in [-0.3, -0.25) is 4.79 Å². The van der Waals surface area contributed by atoms with Crippen LogP contribution in [0.1, 0.15) is 33.1 Å². The number of carbonyl (C=O) groups is 1. The van der Waals surface area contributed by atoms with E-state index in [2.05, 4.69) is 4.98 Å². The van der Waals surface area contributed by atoms with Crippen LogP contribution in [-0.4, -0.2) is 33.2 Å². The van der Waals surface area contributed by atoms with Gasteiger partial charge in [0.05, 0.1) is 0 Å². The Bertz CT molecular complexity index is 539. The van der Waals surface area contributed by atoms with E-state index in [1.54, 1.807) is 21.9 Å². The zero-order valence-corrected chi connectivity index (χ0v) is 12.0. The molecule has 0 aliphatic carbocycles. The number of aliphatic carboxylic acids is 1. The molecule has 2 rings (SSSR count). The molecule has 0 radical (unpaired) electrons. The summed E-state index contributed by atoms with van der Waals surface area (Å²) >= 11 is 0. The average Bonchev–Trinajstić information content (AvgIpc) is 2.40. The highest BCUT2D eigenvalue weighted by Gasteiger charge is 2.31. The Kier molecular flexibility index (Phi) is 4.42. The Morgan fingerprint density at radius 1 is 1.50 bits per heavy atom. The van der Waals surface area contributed by atoms with Crippen LogP contribution in [0.3, 0.4) is 0 Å². The Morgan fingerprint density at radius 2 is 2.25 bits per heavy atom. The molecule has 0 bridgehead atoms. The summed E-state index contributed by atoms with van der Waals surface area (Å²) in [5.41, 5.74) is -0.200. The first-order chi connectivity index (χ1) is 9.50. The molecular weight excluding hydrogens is 258 g/mol. The minimum atomic E-state index is -0.884. The van der Waals surface area contributed by atoms with Gasteiger partial charge in [0, 0.05) is 25.5 Å². The van der Waals surface area contributed by atoms with Gasteiger partial charge in [-0.2, -0.15) is 0 Å². The first-order valence-electron chi connectivity index (χ1n) is 7.05. The van der Waals surface area contributed by atoms with Gasteiger partial charge in [0.15, 0.2) is 5.82 Å². The number of piperidine rings is 1. The third-order valence-corrected chi connectivity index (χ3v) is 3.52. The quantitative estimate of drug-likeness (QED) is 0.900. The maximum Gasteiger partial charge on any atom is 0.326 e. The number of carboxylic acid groups (broad SMARTS) is 1. The molecule has 0 saturated carbocycles. The Morgan fingerprint density at radius 3 is 2.90 bits per heavy atom. The van der Waals surface area contributed by atoms with E-state index in [4.69, 9.17) is 0 Å². The lowest BCUT2D eigenvalue weighted by atomic mass is 10.0. The van der Waals surface area contributed by atoms with E-state index in [0.29, 0.717) is 25.4 Å². The molecule has 6 heteroatoms. The normalized spacial score (nSPS) is 19.4. The van der Waals surface area contributed by atoms with Crippen molar-refractivity contribution >= 4 is 11.8 Å². The average molecular weight is 279 g/mol. The molecule has 2 heterocycles. The fourth-order valence-corrected chi connectivity index (χ4v) is 2.61. The number of hydrogen-bond donors (Lipinski definition) is 1. The van der Waals surface area contributed by atoms with E-state index in [9.17, 15) is 14.7 Å². The smallest absolute Gasteiger partial charge is 0.326 e. The molecule has 1 aliphatic heterocycles. The van der Waals surface area contributed by atoms with Crippen LogP contribution in [0.25, 0.3) is 0 Å². The van der Waals surface area contributed by atoms with Crippen LogP contribution in [0.5, 0.6) is 0 Å². The first kappa shape index (κ1) is 14.6. The Labute approximate surface area is 118 Å². The Balaban J connectivity index is 2.36. The number of nitrogens with zero attached hydrogens (tertiary/aromatic N) is 3. The maximum absolute atomic E-state index is 12.4. The first-order valence-corrected chi connectivity index (χ1v) is 7.05. The summed E-state index contributed by atoms with van der Waals surface area (Å²) in [5.74, 6) is -0.273. The molecule has 20 heavy (non-hydrogen) atoms. The molecule has 1 N–H and O–H groups in total. The SMILES string of the molecule is CC(C)Cn1ccnc(N2CCCCC2C(=O)O)c1=O. The van der Waals surface area contributed by atoms with Crippen molar-refractivity contribution in [2.75, 3.05) is 11.4 Å². The van der Waals surface area contributed by atoms with E-state index in [1.807, 2.05) is 13.8 Å². The van der Waals surface area contributed by atoms with Gasteiger partial charge in [-0.15, -0.1) is 0 Å². The predicted molar refractivity (Wildman–Crippen MR) is 76.0 cm³/mol. The summed E-state index contributed by atoms with van der Waals surface area (Å²) in [7, 11) is 0. The van der Waals surface area contributed by atoms with Crippen molar-refractivity contribution in [2.24, 2.45) is 5.92 Å². The van der Waals surface area contributed by atoms with Gasteiger partial charge < -0.3 is 14.6 Å². The molecule has 1 aromatic heterocycles. The summed E-state index contributed by atoms with van der Waals surface area (Å²) in [6, 6.07) is -0.640. The highest BCUT2D eigenvalue weighted by Crippen LogP contribution is 2.20. The van der Waals surface area contributed by atoms with Crippen LogP contribution in [0.2, 0.25) is 0 Å². The van der Waals surface area contributed by atoms with Gasteiger partial charge in [0.2, 0.25) is 0 Å². The highest BCUT2D eigenvalue weighted by atomic mass is 16.4. The minimum absolute atomic E-state index is 0.200. The van der Waals surface area contributed by atoms with Crippen LogP contribution < -0.4 is 10.5 Å². The van der Waals surface area contributed by atoms with Crippen molar-refractivity contribution in [1.29, 1.82) is 0 Å². The fourth-order valence-electron chi connectivity index (χ4n) is 2.61. The summed E-state index contributed by atoms with van der Waals surface area (Å²) < 4.78 is 1.61. The topological polar surface area (TPSA) is 75.4 Å². The molecule has 6 nitrogen and oxygen atoms in total. The fraction of sp³-hybridized carbons (Fsp3) is 0.643. The lowest BCUT2D eigenvalue weighted by Crippen LogP contribution is -2.48. The summed E-state index contributed by atoms with van der Waals surface area (Å²) in [5, 5.41) is 9.30. The van der Waals surface area contributed by atoms with E-state index in [0.717, 1.165) is 12.8 Å². The van der Waals surface area contributed by atoms with Crippen LogP contribution >= 0.6 is 0 Å². The van der Waals surface area contributed by atoms with Crippen molar-refractivity contribution in [1.82, 2.24) is 9.55 Å². The second-order valence-electron chi connectivity index (χ2n) is 5.65. The summed E-state index contributed by atoms with van der Waals surface area (Å²) in [6.07, 6.45) is 5.57. The molecule has 110 valence electrons. The lowest BCUT2D eigenvalue weighted by Gasteiger charge is -2.33. The van der Waals surface area contributed by atoms with Gasteiger partial charge in [-0.1, -0.05) is 13.8 Å². The third kappa shape index (κ3) is 3.00. The molecule has 0 aromatic carbocycles. The van der Waals surface area contributed by atoms with Crippen molar-refractivity contribution < 1.29 is 9.90 Å². The summed E-state index contributed by atoms with van der Waals surface area (Å²) in [6.45, 7) is 5.26. The van der Waals surface area contributed by atoms with Crippen LogP contribution in [-0.2, 0) is 11.3 Å². The number of rotatable bonds is 4. The number of aromatic nitrogens is 2. The van der Waals surface area contributed by atoms with Gasteiger partial charge >= 0.3 is 5.97 Å². The zero-order chi connectivity index (χ0) is 14.7.